The first-order valence-electron chi connectivity index (χ1n) is 5.42. The molecule has 2 unspecified atom stereocenters. The van der Waals surface area contributed by atoms with E-state index in [0.29, 0.717) is 0 Å². The molecule has 0 radical (unpaired) electrons. The lowest BCUT2D eigenvalue weighted by atomic mass is 10.1. The molecule has 0 aromatic carbocycles. The van der Waals surface area contributed by atoms with Gasteiger partial charge in [0.1, 0.15) is 5.76 Å². The molecule has 1 aliphatic rings. The van der Waals surface area contributed by atoms with Gasteiger partial charge in [-0.15, -0.1) is 0 Å². The molecule has 1 heterocycles. The Kier molecular flexibility index (Phi) is 4.98. The van der Waals surface area contributed by atoms with Crippen LogP contribution in [0.25, 0.3) is 0 Å². The number of rotatable bonds is 6. The maximum atomic E-state index is 5.57. The quantitative estimate of drug-likeness (QED) is 0.706. The van der Waals surface area contributed by atoms with Crippen LogP contribution in [0.5, 0.6) is 0 Å². The molecule has 82 valence electrons. The van der Waals surface area contributed by atoms with Crippen molar-refractivity contribution in [2.45, 2.75) is 38.8 Å². The highest BCUT2D eigenvalue weighted by atomic mass is 16.5. The summed E-state index contributed by atoms with van der Waals surface area (Å²) in [6.07, 6.45) is 4.39. The summed E-state index contributed by atoms with van der Waals surface area (Å²) in [5.74, 6) is 1.06. The summed E-state index contributed by atoms with van der Waals surface area (Å²) in [5, 5.41) is 3.41. The van der Waals surface area contributed by atoms with Crippen LogP contribution in [-0.2, 0) is 9.47 Å². The van der Waals surface area contributed by atoms with Gasteiger partial charge in [-0.1, -0.05) is 13.8 Å². The summed E-state index contributed by atoms with van der Waals surface area (Å²) in [6, 6.07) is 0.220. The predicted molar refractivity (Wildman–Crippen MR) is 57.2 cm³/mol. The summed E-state index contributed by atoms with van der Waals surface area (Å²) in [5.41, 5.74) is 0. The molecule has 0 saturated carbocycles. The molecule has 0 spiro atoms. The Morgan fingerprint density at radius 3 is 2.79 bits per heavy atom. The zero-order chi connectivity index (χ0) is 10.4. The lowest BCUT2D eigenvalue weighted by Gasteiger charge is -2.26. The molecule has 0 aliphatic carbocycles. The van der Waals surface area contributed by atoms with E-state index in [9.17, 15) is 0 Å². The van der Waals surface area contributed by atoms with E-state index >= 15 is 0 Å². The average molecular weight is 199 g/mol. The first kappa shape index (κ1) is 11.5. The first-order valence-corrected chi connectivity index (χ1v) is 5.42. The topological polar surface area (TPSA) is 30.5 Å². The zero-order valence-corrected chi connectivity index (χ0v) is 9.38. The third kappa shape index (κ3) is 2.72. The maximum Gasteiger partial charge on any atom is 0.112 e. The molecule has 2 atom stereocenters. The SMILES string of the molecule is CCNC(C1=CCCO1)C(CC)OC. The summed E-state index contributed by atoms with van der Waals surface area (Å²) in [7, 11) is 1.76. The van der Waals surface area contributed by atoms with Gasteiger partial charge in [-0.3, -0.25) is 0 Å². The largest absolute Gasteiger partial charge is 0.496 e. The van der Waals surface area contributed by atoms with Crippen LogP contribution in [0.1, 0.15) is 26.7 Å². The van der Waals surface area contributed by atoms with E-state index in [1.807, 2.05) is 0 Å². The summed E-state index contributed by atoms with van der Waals surface area (Å²) in [4.78, 5) is 0. The van der Waals surface area contributed by atoms with Crippen LogP contribution < -0.4 is 5.32 Å². The van der Waals surface area contributed by atoms with E-state index in [0.717, 1.165) is 31.8 Å². The number of nitrogens with one attached hydrogen (secondary N) is 1. The lowest BCUT2D eigenvalue weighted by Crippen LogP contribution is -2.42. The van der Waals surface area contributed by atoms with Crippen LogP contribution in [0, 0.1) is 0 Å². The van der Waals surface area contributed by atoms with Crippen LogP contribution in [0.4, 0.5) is 0 Å². The number of likely N-dealkylation sites (N-methyl/N-ethyl adjacent to an activating group) is 1. The molecular weight excluding hydrogens is 178 g/mol. The molecule has 3 nitrogen and oxygen atoms in total. The second-order valence-electron chi connectivity index (χ2n) is 3.46. The third-order valence-corrected chi connectivity index (χ3v) is 2.54. The number of ether oxygens (including phenoxy) is 2. The molecule has 14 heavy (non-hydrogen) atoms. The fourth-order valence-corrected chi connectivity index (χ4v) is 1.83. The lowest BCUT2D eigenvalue weighted by molar-refractivity contribution is 0.0562. The van der Waals surface area contributed by atoms with Crippen molar-refractivity contribution in [3.63, 3.8) is 0 Å². The van der Waals surface area contributed by atoms with Gasteiger partial charge in [-0.2, -0.15) is 0 Å². The van der Waals surface area contributed by atoms with E-state index in [-0.39, 0.29) is 12.1 Å². The van der Waals surface area contributed by atoms with Gasteiger partial charge in [-0.05, 0) is 19.0 Å². The standard InChI is InChI=1S/C11H21NO2/c1-4-9(13-3)11(12-5-2)10-7-6-8-14-10/h7,9,11-12H,4-6,8H2,1-3H3. The Morgan fingerprint density at radius 2 is 2.36 bits per heavy atom. The van der Waals surface area contributed by atoms with Crippen molar-refractivity contribution < 1.29 is 9.47 Å². The molecule has 0 aromatic heterocycles. The molecule has 0 amide bonds. The van der Waals surface area contributed by atoms with E-state index in [2.05, 4.69) is 25.2 Å². The van der Waals surface area contributed by atoms with Crippen molar-refractivity contribution in [3.05, 3.63) is 11.8 Å². The van der Waals surface area contributed by atoms with Crippen molar-refractivity contribution in [1.82, 2.24) is 5.32 Å². The van der Waals surface area contributed by atoms with Crippen LogP contribution in [0.2, 0.25) is 0 Å². The predicted octanol–water partition coefficient (Wildman–Crippen LogP) is 1.69. The maximum absolute atomic E-state index is 5.57. The van der Waals surface area contributed by atoms with Gasteiger partial charge < -0.3 is 14.8 Å². The number of methoxy groups -OCH3 is 1. The van der Waals surface area contributed by atoms with Crippen molar-refractivity contribution in [2.75, 3.05) is 20.3 Å². The smallest absolute Gasteiger partial charge is 0.112 e. The highest BCUT2D eigenvalue weighted by molar-refractivity contribution is 5.09. The Hall–Kier alpha value is -0.540. The van der Waals surface area contributed by atoms with Crippen LogP contribution in [-0.4, -0.2) is 32.4 Å². The van der Waals surface area contributed by atoms with E-state index in [1.54, 1.807) is 7.11 Å². The van der Waals surface area contributed by atoms with Crippen molar-refractivity contribution in [2.24, 2.45) is 0 Å². The van der Waals surface area contributed by atoms with Gasteiger partial charge >= 0.3 is 0 Å². The Morgan fingerprint density at radius 1 is 1.57 bits per heavy atom. The first-order chi connectivity index (χ1) is 6.83. The second kappa shape index (κ2) is 6.04. The molecule has 1 rings (SSSR count). The van der Waals surface area contributed by atoms with Crippen LogP contribution in [0.15, 0.2) is 11.8 Å². The number of hydrogen-bond acceptors (Lipinski definition) is 3. The normalized spacial score (nSPS) is 20.1. The van der Waals surface area contributed by atoms with Crippen LogP contribution >= 0.6 is 0 Å². The Bertz CT molecular complexity index is 188. The molecular formula is C11H21NO2. The van der Waals surface area contributed by atoms with Crippen molar-refractivity contribution in [1.29, 1.82) is 0 Å². The van der Waals surface area contributed by atoms with Gasteiger partial charge in [0.2, 0.25) is 0 Å². The van der Waals surface area contributed by atoms with E-state index in [4.69, 9.17) is 9.47 Å². The Labute approximate surface area is 86.5 Å². The molecule has 0 bridgehead atoms. The van der Waals surface area contributed by atoms with Gasteiger partial charge in [0.05, 0.1) is 18.8 Å². The zero-order valence-electron chi connectivity index (χ0n) is 9.38. The third-order valence-electron chi connectivity index (χ3n) is 2.54. The van der Waals surface area contributed by atoms with Crippen molar-refractivity contribution in [3.8, 4) is 0 Å². The summed E-state index contributed by atoms with van der Waals surface area (Å²) < 4.78 is 11.0. The summed E-state index contributed by atoms with van der Waals surface area (Å²) >= 11 is 0. The van der Waals surface area contributed by atoms with Gasteiger partial charge in [-0.25, -0.2) is 0 Å². The van der Waals surface area contributed by atoms with Gasteiger partial charge in [0.25, 0.3) is 0 Å². The Balaban J connectivity index is 2.61. The minimum Gasteiger partial charge on any atom is -0.496 e. The molecule has 1 aliphatic heterocycles. The fraction of sp³-hybridized carbons (Fsp3) is 0.818. The van der Waals surface area contributed by atoms with Crippen molar-refractivity contribution >= 4 is 0 Å². The van der Waals surface area contributed by atoms with E-state index in [1.165, 1.54) is 0 Å². The van der Waals surface area contributed by atoms with Gasteiger partial charge in [0.15, 0.2) is 0 Å². The van der Waals surface area contributed by atoms with Crippen LogP contribution in [0.3, 0.4) is 0 Å². The second-order valence-corrected chi connectivity index (χ2v) is 3.46. The van der Waals surface area contributed by atoms with Gasteiger partial charge in [0, 0.05) is 13.5 Å². The van der Waals surface area contributed by atoms with E-state index < -0.39 is 0 Å². The molecule has 0 saturated heterocycles. The average Bonchev–Trinajstić information content (AvgIpc) is 2.71. The monoisotopic (exact) mass is 199 g/mol. The molecule has 3 heteroatoms. The molecule has 0 fully saturated rings. The number of hydrogen-bond donors (Lipinski definition) is 1. The minimum atomic E-state index is 0.208. The summed E-state index contributed by atoms with van der Waals surface area (Å²) in [6.45, 7) is 5.99. The molecule has 1 N–H and O–H groups in total. The highest BCUT2D eigenvalue weighted by Crippen LogP contribution is 2.18. The fourth-order valence-electron chi connectivity index (χ4n) is 1.83. The highest BCUT2D eigenvalue weighted by Gasteiger charge is 2.25. The molecule has 0 aromatic rings. The minimum absolute atomic E-state index is 0.208.